The lowest BCUT2D eigenvalue weighted by Gasteiger charge is -2.06. The van der Waals surface area contributed by atoms with Crippen molar-refractivity contribution in [3.63, 3.8) is 0 Å². The van der Waals surface area contributed by atoms with Gasteiger partial charge in [0.25, 0.3) is 0 Å². The number of hydrogen-bond donors (Lipinski definition) is 1. The number of rotatable bonds is 2. The molecule has 16 heavy (non-hydrogen) atoms. The summed E-state index contributed by atoms with van der Waals surface area (Å²) in [5.41, 5.74) is 0. The third-order valence-corrected chi connectivity index (χ3v) is 1.84. The zero-order chi connectivity index (χ0) is 11.8. The largest absolute Gasteiger partial charge is 0.504 e. The van der Waals surface area contributed by atoms with E-state index in [9.17, 15) is 5.11 Å². The fraction of sp³-hybridized carbons (Fsp3) is 0. The van der Waals surface area contributed by atoms with Crippen molar-refractivity contribution in [3.8, 4) is 17.2 Å². The van der Waals surface area contributed by atoms with Crippen molar-refractivity contribution in [2.45, 2.75) is 0 Å². The van der Waals surface area contributed by atoms with Crippen molar-refractivity contribution in [1.29, 1.82) is 0 Å². The number of benzene rings is 2. The zero-order valence-electron chi connectivity index (χ0n) is 8.67. The Morgan fingerprint density at radius 1 is 0.875 bits per heavy atom. The van der Waals surface area contributed by atoms with Crippen LogP contribution < -0.4 is 4.74 Å². The molecule has 0 aromatic heterocycles. The second-order valence-corrected chi connectivity index (χ2v) is 2.88. The number of ether oxygens (including phenoxy) is 1. The predicted octanol–water partition coefficient (Wildman–Crippen LogP) is 3.00. The standard InChI is InChI=1S/C12H10O2.CH2O/c13-11-8-4-5-9-12(11)14-10-6-2-1-3-7-10;1-2/h1-9,13H;1H2. The van der Waals surface area contributed by atoms with Crippen molar-refractivity contribution < 1.29 is 14.6 Å². The van der Waals surface area contributed by atoms with Crippen molar-refractivity contribution in [1.82, 2.24) is 0 Å². The van der Waals surface area contributed by atoms with Gasteiger partial charge in [0.2, 0.25) is 0 Å². The van der Waals surface area contributed by atoms with Gasteiger partial charge in [0.05, 0.1) is 0 Å². The van der Waals surface area contributed by atoms with Crippen LogP contribution in [0.5, 0.6) is 17.2 Å². The SMILES string of the molecule is C=O.Oc1ccccc1Oc1ccccc1. The van der Waals surface area contributed by atoms with Gasteiger partial charge in [0.1, 0.15) is 12.5 Å². The lowest BCUT2D eigenvalue weighted by molar-refractivity contribution is -0.0979. The molecule has 0 saturated heterocycles. The van der Waals surface area contributed by atoms with Crippen molar-refractivity contribution in [2.75, 3.05) is 0 Å². The van der Waals surface area contributed by atoms with Crippen LogP contribution >= 0.6 is 0 Å². The van der Waals surface area contributed by atoms with E-state index in [2.05, 4.69) is 0 Å². The topological polar surface area (TPSA) is 46.5 Å². The molecule has 1 N–H and O–H groups in total. The van der Waals surface area contributed by atoms with Crippen LogP contribution in [0.4, 0.5) is 0 Å². The molecule has 2 aromatic carbocycles. The molecule has 0 heterocycles. The van der Waals surface area contributed by atoms with Crippen LogP contribution in [-0.4, -0.2) is 11.9 Å². The molecule has 82 valence electrons. The first-order valence-electron chi connectivity index (χ1n) is 4.66. The Balaban J connectivity index is 0.000000606. The van der Waals surface area contributed by atoms with E-state index in [0.717, 1.165) is 0 Å². The van der Waals surface area contributed by atoms with E-state index in [0.29, 0.717) is 11.5 Å². The number of phenols is 1. The maximum absolute atomic E-state index is 9.45. The van der Waals surface area contributed by atoms with Crippen LogP contribution in [0.15, 0.2) is 54.6 Å². The molecule has 0 bridgehead atoms. The molecule has 0 amide bonds. The van der Waals surface area contributed by atoms with E-state index in [-0.39, 0.29) is 5.75 Å². The van der Waals surface area contributed by atoms with Crippen LogP contribution in [0.25, 0.3) is 0 Å². The van der Waals surface area contributed by atoms with Gasteiger partial charge < -0.3 is 14.6 Å². The number of hydrogen-bond acceptors (Lipinski definition) is 3. The smallest absolute Gasteiger partial charge is 0.169 e. The summed E-state index contributed by atoms with van der Waals surface area (Å²) in [5.74, 6) is 1.34. The molecule has 0 spiro atoms. The minimum Gasteiger partial charge on any atom is -0.504 e. The molecule has 0 aliphatic heterocycles. The second kappa shape index (κ2) is 6.24. The molecule has 2 rings (SSSR count). The Hall–Kier alpha value is -2.29. The normalized spacial score (nSPS) is 8.75. The lowest BCUT2D eigenvalue weighted by Crippen LogP contribution is -1.83. The van der Waals surface area contributed by atoms with Gasteiger partial charge in [-0.1, -0.05) is 30.3 Å². The molecule has 0 fully saturated rings. The molecule has 0 unspecified atom stereocenters. The predicted molar refractivity (Wildman–Crippen MR) is 61.7 cm³/mol. The molecule has 0 radical (unpaired) electrons. The average Bonchev–Trinajstić information content (AvgIpc) is 2.36. The molecular weight excluding hydrogens is 204 g/mol. The summed E-state index contributed by atoms with van der Waals surface area (Å²) >= 11 is 0. The highest BCUT2D eigenvalue weighted by Crippen LogP contribution is 2.29. The summed E-state index contributed by atoms with van der Waals surface area (Å²) in [4.78, 5) is 8.00. The van der Waals surface area contributed by atoms with Gasteiger partial charge in [-0.05, 0) is 24.3 Å². The molecule has 3 heteroatoms. The van der Waals surface area contributed by atoms with Crippen molar-refractivity contribution in [2.24, 2.45) is 0 Å². The summed E-state index contributed by atoms with van der Waals surface area (Å²) in [7, 11) is 0. The van der Waals surface area contributed by atoms with Crippen LogP contribution in [0.2, 0.25) is 0 Å². The molecule has 0 aliphatic rings. The van der Waals surface area contributed by atoms with Crippen molar-refractivity contribution >= 4 is 6.79 Å². The first-order valence-corrected chi connectivity index (χ1v) is 4.66. The Bertz CT molecular complexity index is 426. The van der Waals surface area contributed by atoms with E-state index in [1.54, 1.807) is 18.2 Å². The molecule has 3 nitrogen and oxygen atoms in total. The van der Waals surface area contributed by atoms with E-state index in [1.807, 2.05) is 43.2 Å². The highest BCUT2D eigenvalue weighted by Gasteiger charge is 2.00. The van der Waals surface area contributed by atoms with Gasteiger partial charge in [-0.2, -0.15) is 0 Å². The van der Waals surface area contributed by atoms with Gasteiger partial charge in [-0.25, -0.2) is 0 Å². The number of carbonyl (C=O) groups excluding carboxylic acids is 1. The first kappa shape index (κ1) is 11.8. The van der Waals surface area contributed by atoms with E-state index in [1.165, 1.54) is 0 Å². The molecule has 2 aromatic rings. The Morgan fingerprint density at radius 3 is 2.06 bits per heavy atom. The second-order valence-electron chi connectivity index (χ2n) is 2.88. The summed E-state index contributed by atoms with van der Waals surface area (Å²) in [5, 5.41) is 9.45. The highest BCUT2D eigenvalue weighted by molar-refractivity contribution is 5.41. The third-order valence-electron chi connectivity index (χ3n) is 1.84. The summed E-state index contributed by atoms with van der Waals surface area (Å²) in [6, 6.07) is 16.3. The van der Waals surface area contributed by atoms with Crippen LogP contribution in [-0.2, 0) is 4.79 Å². The summed E-state index contributed by atoms with van der Waals surface area (Å²) in [6.07, 6.45) is 0. The van der Waals surface area contributed by atoms with Crippen LogP contribution in [0, 0.1) is 0 Å². The van der Waals surface area contributed by atoms with E-state index in [4.69, 9.17) is 9.53 Å². The van der Waals surface area contributed by atoms with Gasteiger partial charge in [0, 0.05) is 0 Å². The maximum atomic E-state index is 9.45. The number of carbonyl (C=O) groups is 1. The molecule has 0 aliphatic carbocycles. The summed E-state index contributed by atoms with van der Waals surface area (Å²) < 4.78 is 5.46. The minimum absolute atomic E-state index is 0.149. The fourth-order valence-corrected chi connectivity index (χ4v) is 1.16. The molecular formula is C13H12O3. The summed E-state index contributed by atoms with van der Waals surface area (Å²) in [6.45, 7) is 2.00. The minimum atomic E-state index is 0.149. The van der Waals surface area contributed by atoms with Gasteiger partial charge >= 0.3 is 0 Å². The third kappa shape index (κ3) is 3.13. The number of para-hydroxylation sites is 3. The first-order chi connectivity index (χ1) is 7.86. The van der Waals surface area contributed by atoms with E-state index >= 15 is 0 Å². The maximum Gasteiger partial charge on any atom is 0.169 e. The Labute approximate surface area is 93.9 Å². The average molecular weight is 216 g/mol. The van der Waals surface area contributed by atoms with Crippen molar-refractivity contribution in [3.05, 3.63) is 54.6 Å². The molecule has 0 atom stereocenters. The lowest BCUT2D eigenvalue weighted by atomic mass is 10.3. The Morgan fingerprint density at radius 2 is 1.44 bits per heavy atom. The quantitative estimate of drug-likeness (QED) is 0.839. The van der Waals surface area contributed by atoms with Gasteiger partial charge in [-0.15, -0.1) is 0 Å². The zero-order valence-corrected chi connectivity index (χ0v) is 8.67. The van der Waals surface area contributed by atoms with Crippen LogP contribution in [0.3, 0.4) is 0 Å². The highest BCUT2D eigenvalue weighted by atomic mass is 16.5. The fourth-order valence-electron chi connectivity index (χ4n) is 1.16. The van der Waals surface area contributed by atoms with E-state index < -0.39 is 0 Å². The van der Waals surface area contributed by atoms with Gasteiger partial charge in [-0.3, -0.25) is 0 Å². The van der Waals surface area contributed by atoms with Crippen LogP contribution in [0.1, 0.15) is 0 Å². The number of aromatic hydroxyl groups is 1. The van der Waals surface area contributed by atoms with Gasteiger partial charge in [0.15, 0.2) is 11.5 Å². The molecule has 0 saturated carbocycles. The number of phenolic OH excluding ortho intramolecular Hbond substituents is 1. The monoisotopic (exact) mass is 216 g/mol. The Kier molecular flexibility index (Phi) is 4.60.